The molecule has 1 aromatic rings. The summed E-state index contributed by atoms with van der Waals surface area (Å²) in [5.74, 6) is 0.901. The Balaban J connectivity index is 2.16. The molecular weight excluding hydrogens is 232 g/mol. The van der Waals surface area contributed by atoms with Crippen LogP contribution in [0.25, 0.3) is 0 Å². The minimum Gasteiger partial charge on any atom is -0.371 e. The Labute approximate surface area is 118 Å². The summed E-state index contributed by atoms with van der Waals surface area (Å²) < 4.78 is 0. The lowest BCUT2D eigenvalue weighted by molar-refractivity contribution is 0.340. The van der Waals surface area contributed by atoms with Crippen molar-refractivity contribution in [2.75, 3.05) is 11.9 Å². The molecule has 1 atom stereocenters. The maximum Gasteiger partial charge on any atom is 0.0414 e. The molecule has 106 valence electrons. The number of hydrogen-bond donors (Lipinski definition) is 1. The van der Waals surface area contributed by atoms with Crippen LogP contribution >= 0.6 is 0 Å². The van der Waals surface area contributed by atoms with Crippen molar-refractivity contribution in [2.24, 2.45) is 11.7 Å². The van der Waals surface area contributed by atoms with E-state index < -0.39 is 0 Å². The lowest BCUT2D eigenvalue weighted by atomic mass is 9.86. The molecule has 0 aliphatic heterocycles. The van der Waals surface area contributed by atoms with Crippen LogP contribution in [0.5, 0.6) is 0 Å². The molecule has 0 spiro atoms. The Morgan fingerprint density at radius 2 is 1.84 bits per heavy atom. The summed E-state index contributed by atoms with van der Waals surface area (Å²) in [6.45, 7) is 4.53. The third-order valence-electron chi connectivity index (χ3n) is 4.69. The maximum atomic E-state index is 6.26. The van der Waals surface area contributed by atoms with E-state index in [-0.39, 0.29) is 6.04 Å². The largest absolute Gasteiger partial charge is 0.371 e. The van der Waals surface area contributed by atoms with Gasteiger partial charge in [0.1, 0.15) is 0 Å². The highest BCUT2D eigenvalue weighted by Gasteiger charge is 2.23. The standard InChI is InChI=1S/C17H28N2/c1-4-16(18)15-7-5-6-8-17(15)19(3)14-11-9-13(2)10-12-14/h5-8,13-14,16H,4,9-12,18H2,1-3H3/t13?,14?,16-/m0/s1. The lowest BCUT2D eigenvalue weighted by Crippen LogP contribution is -2.35. The third-order valence-corrected chi connectivity index (χ3v) is 4.69. The first-order valence-corrected chi connectivity index (χ1v) is 7.70. The third kappa shape index (κ3) is 3.30. The van der Waals surface area contributed by atoms with Gasteiger partial charge in [-0.3, -0.25) is 0 Å². The molecule has 0 bridgehead atoms. The molecule has 1 aromatic carbocycles. The van der Waals surface area contributed by atoms with Crippen molar-refractivity contribution in [3.05, 3.63) is 29.8 Å². The smallest absolute Gasteiger partial charge is 0.0414 e. The van der Waals surface area contributed by atoms with Gasteiger partial charge in [-0.05, 0) is 49.7 Å². The fourth-order valence-corrected chi connectivity index (χ4v) is 3.17. The van der Waals surface area contributed by atoms with Crippen LogP contribution < -0.4 is 10.6 Å². The highest BCUT2D eigenvalue weighted by Crippen LogP contribution is 2.32. The zero-order valence-corrected chi connectivity index (χ0v) is 12.6. The molecule has 2 N–H and O–H groups in total. The second-order valence-corrected chi connectivity index (χ2v) is 6.10. The van der Waals surface area contributed by atoms with E-state index in [1.807, 2.05) is 0 Å². The molecule has 2 heteroatoms. The zero-order chi connectivity index (χ0) is 13.8. The molecule has 1 aliphatic rings. The Bertz CT molecular complexity index is 394. The van der Waals surface area contributed by atoms with Crippen LogP contribution in [0.3, 0.4) is 0 Å². The summed E-state index contributed by atoms with van der Waals surface area (Å²) in [5.41, 5.74) is 8.89. The number of anilines is 1. The number of benzene rings is 1. The van der Waals surface area contributed by atoms with Crippen molar-refractivity contribution < 1.29 is 0 Å². The number of nitrogens with two attached hydrogens (primary N) is 1. The summed E-state index contributed by atoms with van der Waals surface area (Å²) in [5, 5.41) is 0. The molecule has 2 nitrogen and oxygen atoms in total. The molecule has 19 heavy (non-hydrogen) atoms. The minimum absolute atomic E-state index is 0.154. The molecule has 0 aromatic heterocycles. The van der Waals surface area contributed by atoms with Crippen LogP contribution in [0, 0.1) is 5.92 Å². The molecule has 1 saturated carbocycles. The van der Waals surface area contributed by atoms with E-state index in [1.165, 1.54) is 36.9 Å². The molecule has 2 rings (SSSR count). The van der Waals surface area contributed by atoms with Gasteiger partial charge >= 0.3 is 0 Å². The van der Waals surface area contributed by atoms with E-state index in [0.717, 1.165) is 12.3 Å². The van der Waals surface area contributed by atoms with Gasteiger partial charge in [-0.1, -0.05) is 32.0 Å². The number of hydrogen-bond acceptors (Lipinski definition) is 2. The maximum absolute atomic E-state index is 6.26. The summed E-state index contributed by atoms with van der Waals surface area (Å²) in [7, 11) is 2.24. The number of para-hydroxylation sites is 1. The quantitative estimate of drug-likeness (QED) is 0.882. The van der Waals surface area contributed by atoms with Gasteiger partial charge in [0, 0.05) is 24.8 Å². The minimum atomic E-state index is 0.154. The van der Waals surface area contributed by atoms with Gasteiger partial charge in [-0.15, -0.1) is 0 Å². The first-order valence-electron chi connectivity index (χ1n) is 7.70. The van der Waals surface area contributed by atoms with Gasteiger partial charge in [-0.25, -0.2) is 0 Å². The van der Waals surface area contributed by atoms with E-state index >= 15 is 0 Å². The Kier molecular flexibility index (Phi) is 4.87. The van der Waals surface area contributed by atoms with E-state index in [2.05, 4.69) is 50.1 Å². The average molecular weight is 260 g/mol. The Morgan fingerprint density at radius 3 is 2.47 bits per heavy atom. The van der Waals surface area contributed by atoms with Crippen LogP contribution in [0.1, 0.15) is 57.6 Å². The first-order chi connectivity index (χ1) is 9.13. The van der Waals surface area contributed by atoms with Crippen molar-refractivity contribution >= 4 is 5.69 Å². The van der Waals surface area contributed by atoms with E-state index in [1.54, 1.807) is 0 Å². The van der Waals surface area contributed by atoms with Crippen molar-refractivity contribution in [2.45, 2.75) is 58.0 Å². The fraction of sp³-hybridized carbons (Fsp3) is 0.647. The number of nitrogens with zero attached hydrogens (tertiary/aromatic N) is 1. The average Bonchev–Trinajstić information content (AvgIpc) is 2.46. The van der Waals surface area contributed by atoms with Gasteiger partial charge in [-0.2, -0.15) is 0 Å². The van der Waals surface area contributed by atoms with E-state index in [4.69, 9.17) is 5.73 Å². The van der Waals surface area contributed by atoms with Crippen LogP contribution in [0.2, 0.25) is 0 Å². The van der Waals surface area contributed by atoms with Crippen molar-refractivity contribution in [3.8, 4) is 0 Å². The van der Waals surface area contributed by atoms with E-state index in [0.29, 0.717) is 6.04 Å². The summed E-state index contributed by atoms with van der Waals surface area (Å²) in [4.78, 5) is 2.47. The number of rotatable bonds is 4. The molecule has 0 radical (unpaired) electrons. The van der Waals surface area contributed by atoms with Crippen molar-refractivity contribution in [1.82, 2.24) is 0 Å². The topological polar surface area (TPSA) is 29.3 Å². The SMILES string of the molecule is CC[C@H](N)c1ccccc1N(C)C1CCC(C)CC1. The molecule has 0 saturated heterocycles. The lowest BCUT2D eigenvalue weighted by Gasteiger charge is -2.36. The normalized spacial score (nSPS) is 25.1. The van der Waals surface area contributed by atoms with Gasteiger partial charge in [0.05, 0.1) is 0 Å². The van der Waals surface area contributed by atoms with Crippen LogP contribution in [-0.4, -0.2) is 13.1 Å². The summed E-state index contributed by atoms with van der Waals surface area (Å²) in [6.07, 6.45) is 6.33. The summed E-state index contributed by atoms with van der Waals surface area (Å²) >= 11 is 0. The molecule has 1 fully saturated rings. The molecule has 0 amide bonds. The van der Waals surface area contributed by atoms with E-state index in [9.17, 15) is 0 Å². The van der Waals surface area contributed by atoms with Crippen LogP contribution in [-0.2, 0) is 0 Å². The van der Waals surface area contributed by atoms with Crippen molar-refractivity contribution in [3.63, 3.8) is 0 Å². The predicted molar refractivity (Wildman–Crippen MR) is 83.5 cm³/mol. The molecule has 0 heterocycles. The van der Waals surface area contributed by atoms with Gasteiger partial charge in [0.2, 0.25) is 0 Å². The van der Waals surface area contributed by atoms with Gasteiger partial charge < -0.3 is 10.6 Å². The second-order valence-electron chi connectivity index (χ2n) is 6.10. The first kappa shape index (κ1) is 14.4. The Morgan fingerprint density at radius 1 is 1.21 bits per heavy atom. The monoisotopic (exact) mass is 260 g/mol. The zero-order valence-electron chi connectivity index (χ0n) is 12.6. The highest BCUT2D eigenvalue weighted by molar-refractivity contribution is 5.55. The van der Waals surface area contributed by atoms with Gasteiger partial charge in [0.15, 0.2) is 0 Å². The predicted octanol–water partition coefficient (Wildman–Crippen LogP) is 4.11. The van der Waals surface area contributed by atoms with Crippen LogP contribution in [0.15, 0.2) is 24.3 Å². The van der Waals surface area contributed by atoms with Crippen LogP contribution in [0.4, 0.5) is 5.69 Å². The fourth-order valence-electron chi connectivity index (χ4n) is 3.17. The highest BCUT2D eigenvalue weighted by atomic mass is 15.1. The summed E-state index contributed by atoms with van der Waals surface area (Å²) in [6, 6.07) is 9.48. The molecular formula is C17H28N2. The molecule has 0 unspecified atom stereocenters. The Hall–Kier alpha value is -1.02. The van der Waals surface area contributed by atoms with Gasteiger partial charge in [0.25, 0.3) is 0 Å². The van der Waals surface area contributed by atoms with Crippen molar-refractivity contribution in [1.29, 1.82) is 0 Å². The second kappa shape index (κ2) is 6.42. The molecule has 1 aliphatic carbocycles.